The third-order valence-electron chi connectivity index (χ3n) is 4.68. The van der Waals surface area contributed by atoms with Crippen LogP contribution in [0.25, 0.3) is 0 Å². The predicted octanol–water partition coefficient (Wildman–Crippen LogP) is 2.23. The number of allylic oxidation sites excluding steroid dienone is 1. The lowest BCUT2D eigenvalue weighted by Gasteiger charge is -2.29. The second-order valence-electron chi connectivity index (χ2n) is 6.29. The Morgan fingerprint density at radius 1 is 1.45 bits per heavy atom. The van der Waals surface area contributed by atoms with Gasteiger partial charge in [-0.3, -0.25) is 0 Å². The monoisotopic (exact) mass is 297 g/mol. The predicted molar refractivity (Wildman–Crippen MR) is 87.6 cm³/mol. The van der Waals surface area contributed by atoms with Crippen LogP contribution >= 0.6 is 0 Å². The maximum Gasteiger partial charge on any atom is 0.128 e. The maximum absolute atomic E-state index is 8.95. The van der Waals surface area contributed by atoms with Gasteiger partial charge in [0.15, 0.2) is 0 Å². The fraction of sp³-hybridized carbons (Fsp3) is 0.529. The van der Waals surface area contributed by atoms with Crippen molar-refractivity contribution in [3.63, 3.8) is 0 Å². The van der Waals surface area contributed by atoms with E-state index in [9.17, 15) is 0 Å². The van der Waals surface area contributed by atoms with Gasteiger partial charge in [-0.2, -0.15) is 5.26 Å². The quantitative estimate of drug-likeness (QED) is 0.838. The van der Waals surface area contributed by atoms with Crippen molar-refractivity contribution >= 4 is 6.34 Å². The highest BCUT2D eigenvalue weighted by Crippen LogP contribution is 2.27. The Morgan fingerprint density at radius 3 is 2.95 bits per heavy atom. The first kappa shape index (κ1) is 14.7. The molecule has 1 fully saturated rings. The molecule has 116 valence electrons. The van der Waals surface area contributed by atoms with Gasteiger partial charge < -0.3 is 15.5 Å². The van der Waals surface area contributed by atoms with Crippen LogP contribution in [0.3, 0.4) is 0 Å². The third-order valence-corrected chi connectivity index (χ3v) is 4.68. The van der Waals surface area contributed by atoms with Gasteiger partial charge in [0.25, 0.3) is 0 Å². The van der Waals surface area contributed by atoms with E-state index in [-0.39, 0.29) is 12.1 Å². The normalized spacial score (nSPS) is 30.9. The fourth-order valence-corrected chi connectivity index (χ4v) is 3.28. The van der Waals surface area contributed by atoms with E-state index in [0.29, 0.717) is 6.04 Å². The number of likely N-dealkylation sites (N-methyl/N-ethyl adjacent to an activating group) is 1. The highest BCUT2D eigenvalue weighted by molar-refractivity contribution is 5.65. The summed E-state index contributed by atoms with van der Waals surface area (Å²) < 4.78 is 0. The van der Waals surface area contributed by atoms with Crippen molar-refractivity contribution in [3.05, 3.63) is 35.3 Å². The molecule has 0 aromatic rings. The third kappa shape index (κ3) is 2.87. The van der Waals surface area contributed by atoms with Crippen LogP contribution in [0.5, 0.6) is 0 Å². The summed E-state index contributed by atoms with van der Waals surface area (Å²) in [5.41, 5.74) is 3.41. The van der Waals surface area contributed by atoms with Gasteiger partial charge >= 0.3 is 0 Å². The summed E-state index contributed by atoms with van der Waals surface area (Å²) in [5, 5.41) is 15.8. The van der Waals surface area contributed by atoms with Crippen LogP contribution in [0, 0.1) is 17.2 Å². The molecule has 3 rings (SSSR count). The number of hydrogen-bond acceptors (Lipinski definition) is 5. The Kier molecular flexibility index (Phi) is 4.19. The van der Waals surface area contributed by atoms with Crippen LogP contribution in [-0.2, 0) is 0 Å². The molecule has 0 amide bonds. The molecule has 1 saturated carbocycles. The highest BCUT2D eigenvalue weighted by atomic mass is 15.3. The van der Waals surface area contributed by atoms with Crippen LogP contribution in [-0.4, -0.2) is 30.5 Å². The molecular formula is C17H23N5. The minimum absolute atomic E-state index is 0.196. The van der Waals surface area contributed by atoms with Crippen LogP contribution < -0.4 is 10.6 Å². The first-order valence-corrected chi connectivity index (χ1v) is 7.94. The van der Waals surface area contributed by atoms with Crippen LogP contribution in [0.1, 0.15) is 32.6 Å². The molecule has 1 unspecified atom stereocenters. The molecule has 2 aliphatic heterocycles. The SMILES string of the molecule is C/C(=C\NC1CCC(C#N)CC1)C1=C2C=CNC2N(C)C=N1. The van der Waals surface area contributed by atoms with Gasteiger partial charge in [-0.25, -0.2) is 4.99 Å². The molecule has 5 nitrogen and oxygen atoms in total. The number of aliphatic imine (C=N–C) groups is 1. The van der Waals surface area contributed by atoms with E-state index in [1.165, 1.54) is 5.57 Å². The number of nitrogens with one attached hydrogen (secondary N) is 2. The van der Waals surface area contributed by atoms with Gasteiger partial charge in [-0.05, 0) is 50.5 Å². The summed E-state index contributed by atoms with van der Waals surface area (Å²) in [6, 6.07) is 2.86. The van der Waals surface area contributed by atoms with Crippen molar-refractivity contribution < 1.29 is 0 Å². The van der Waals surface area contributed by atoms with Crippen molar-refractivity contribution in [2.75, 3.05) is 7.05 Å². The molecule has 2 heterocycles. The van der Waals surface area contributed by atoms with Crippen molar-refractivity contribution in [3.8, 4) is 6.07 Å². The molecule has 0 bridgehead atoms. The molecule has 0 aromatic carbocycles. The zero-order chi connectivity index (χ0) is 15.5. The maximum atomic E-state index is 8.95. The van der Waals surface area contributed by atoms with Crippen LogP contribution in [0.4, 0.5) is 0 Å². The van der Waals surface area contributed by atoms with Crippen molar-refractivity contribution in [1.82, 2.24) is 15.5 Å². The molecule has 22 heavy (non-hydrogen) atoms. The fourth-order valence-electron chi connectivity index (χ4n) is 3.28. The van der Waals surface area contributed by atoms with Gasteiger partial charge in [0.2, 0.25) is 0 Å². The second kappa shape index (κ2) is 6.27. The first-order valence-electron chi connectivity index (χ1n) is 7.94. The molecule has 5 heteroatoms. The van der Waals surface area contributed by atoms with Gasteiger partial charge in [-0.15, -0.1) is 0 Å². The van der Waals surface area contributed by atoms with Crippen LogP contribution in [0.2, 0.25) is 0 Å². The van der Waals surface area contributed by atoms with Gasteiger partial charge in [-0.1, -0.05) is 0 Å². The lowest BCUT2D eigenvalue weighted by Crippen LogP contribution is -2.41. The lowest BCUT2D eigenvalue weighted by molar-refractivity contribution is 0.354. The minimum Gasteiger partial charge on any atom is -0.388 e. The second-order valence-corrected chi connectivity index (χ2v) is 6.29. The largest absolute Gasteiger partial charge is 0.388 e. The zero-order valence-corrected chi connectivity index (χ0v) is 13.2. The number of nitrogens with zero attached hydrogens (tertiary/aromatic N) is 3. The smallest absolute Gasteiger partial charge is 0.128 e. The van der Waals surface area contributed by atoms with E-state index < -0.39 is 0 Å². The van der Waals surface area contributed by atoms with E-state index in [1.54, 1.807) is 0 Å². The van der Waals surface area contributed by atoms with E-state index >= 15 is 0 Å². The Morgan fingerprint density at radius 2 is 2.23 bits per heavy atom. The summed E-state index contributed by atoms with van der Waals surface area (Å²) in [7, 11) is 2.02. The van der Waals surface area contributed by atoms with E-state index in [1.807, 2.05) is 19.6 Å². The summed E-state index contributed by atoms with van der Waals surface area (Å²) in [4.78, 5) is 6.65. The average Bonchev–Trinajstić information content (AvgIpc) is 3.04. The zero-order valence-electron chi connectivity index (χ0n) is 13.2. The first-order chi connectivity index (χ1) is 10.7. The van der Waals surface area contributed by atoms with Gasteiger partial charge in [0.05, 0.1) is 18.1 Å². The summed E-state index contributed by atoms with van der Waals surface area (Å²) >= 11 is 0. The molecule has 1 aliphatic carbocycles. The van der Waals surface area contributed by atoms with Crippen molar-refractivity contribution in [2.24, 2.45) is 10.9 Å². The lowest BCUT2D eigenvalue weighted by atomic mass is 9.87. The number of nitriles is 1. The molecule has 0 radical (unpaired) electrons. The molecular weight excluding hydrogens is 274 g/mol. The van der Waals surface area contributed by atoms with Crippen LogP contribution in [0.15, 0.2) is 40.3 Å². The van der Waals surface area contributed by atoms with Crippen molar-refractivity contribution in [1.29, 1.82) is 5.26 Å². The number of rotatable bonds is 3. The van der Waals surface area contributed by atoms with E-state index in [4.69, 9.17) is 5.26 Å². The number of hydrogen-bond donors (Lipinski definition) is 2. The molecule has 0 aromatic heterocycles. The standard InChI is InChI=1S/C17H23N5/c1-12(10-20-14-5-3-13(9-18)4-6-14)16-15-7-8-19-17(15)22(2)11-21-16/h7-8,10-11,13-14,17,19-20H,3-6H2,1-2H3/b12-10+. The number of fused-ring (bicyclic) bond motifs is 1. The van der Waals surface area contributed by atoms with Crippen molar-refractivity contribution in [2.45, 2.75) is 44.8 Å². The van der Waals surface area contributed by atoms with Gasteiger partial charge in [0.1, 0.15) is 6.17 Å². The summed E-state index contributed by atoms with van der Waals surface area (Å²) in [5.74, 6) is 0.252. The molecule has 0 spiro atoms. The topological polar surface area (TPSA) is 63.5 Å². The van der Waals surface area contributed by atoms with Gasteiger partial charge in [0, 0.05) is 30.8 Å². The Balaban J connectivity index is 1.65. The summed E-state index contributed by atoms with van der Waals surface area (Å²) in [6.07, 6.45) is 12.4. The molecule has 3 aliphatic rings. The summed E-state index contributed by atoms with van der Waals surface area (Å²) in [6.45, 7) is 2.10. The Bertz CT molecular complexity index is 585. The molecule has 2 N–H and O–H groups in total. The average molecular weight is 297 g/mol. The highest BCUT2D eigenvalue weighted by Gasteiger charge is 2.26. The van der Waals surface area contributed by atoms with E-state index in [2.05, 4.69) is 45.8 Å². The van der Waals surface area contributed by atoms with E-state index in [0.717, 1.165) is 37.0 Å². The minimum atomic E-state index is 0.196. The molecule has 0 saturated heterocycles. The molecule has 1 atom stereocenters. The Labute approximate surface area is 132 Å². The Hall–Kier alpha value is -2.22.